The monoisotopic (exact) mass is 475 g/mol. The van der Waals surface area contributed by atoms with Gasteiger partial charge < -0.3 is 20.3 Å². The Morgan fingerprint density at radius 1 is 1.35 bits per heavy atom. The highest BCUT2D eigenvalue weighted by atomic mass is 16.6. The number of piperidine rings is 1. The topological polar surface area (TPSA) is 132 Å². The molecule has 10 heteroatoms. The number of likely N-dealkylation sites (N-methyl/N-ethyl adjacent to an activating group) is 1. The van der Waals surface area contributed by atoms with Crippen LogP contribution in [0.15, 0.2) is 0 Å². The number of likely N-dealkylation sites (tertiary alicyclic amines) is 1. The van der Waals surface area contributed by atoms with Crippen molar-refractivity contribution in [2.75, 3.05) is 20.1 Å². The van der Waals surface area contributed by atoms with Crippen LogP contribution in [-0.4, -0.2) is 77.5 Å². The minimum atomic E-state index is -0.820. The second-order valence-electron chi connectivity index (χ2n) is 11.4. The fourth-order valence-electron chi connectivity index (χ4n) is 5.27. The Balaban J connectivity index is 1.71. The molecule has 6 atom stereocenters. The van der Waals surface area contributed by atoms with Crippen LogP contribution in [0.1, 0.15) is 54.4 Å². The van der Waals surface area contributed by atoms with Crippen molar-refractivity contribution in [2.24, 2.45) is 23.2 Å². The Morgan fingerprint density at radius 3 is 2.53 bits per heavy atom. The summed E-state index contributed by atoms with van der Waals surface area (Å²) in [4.78, 5) is 53.9. The smallest absolute Gasteiger partial charge is 0.410 e. The Labute approximate surface area is 201 Å². The van der Waals surface area contributed by atoms with Gasteiger partial charge in [-0.15, -0.1) is 0 Å². The highest BCUT2D eigenvalue weighted by Crippen LogP contribution is 2.64. The van der Waals surface area contributed by atoms with Crippen LogP contribution in [0, 0.1) is 34.5 Å². The van der Waals surface area contributed by atoms with E-state index in [-0.39, 0.29) is 47.3 Å². The highest BCUT2D eigenvalue weighted by molar-refractivity contribution is 5.93. The van der Waals surface area contributed by atoms with E-state index in [9.17, 15) is 24.4 Å². The number of rotatable bonds is 6. The van der Waals surface area contributed by atoms with Crippen LogP contribution in [-0.2, 0) is 19.1 Å². The first-order chi connectivity index (χ1) is 15.7. The molecule has 10 nitrogen and oxygen atoms in total. The predicted octanol–water partition coefficient (Wildman–Crippen LogP) is 1.26. The Kier molecular flexibility index (Phi) is 6.89. The van der Waals surface area contributed by atoms with Crippen molar-refractivity contribution in [3.63, 3.8) is 0 Å². The SMILES string of the molecule is CC(C(=O)N1C[C@H]2[C@@H]([C@H]1C(=O)NC(C#N)C[C@@H]1CCNC1=O)C2(C)C)N(C)C(=O)OC(C)(C)C. The van der Waals surface area contributed by atoms with Gasteiger partial charge in [0.2, 0.25) is 17.7 Å². The molecule has 2 aliphatic heterocycles. The maximum absolute atomic E-state index is 13.4. The molecule has 0 spiro atoms. The zero-order valence-corrected chi connectivity index (χ0v) is 21.2. The fraction of sp³-hybridized carbons (Fsp3) is 0.792. The van der Waals surface area contributed by atoms with Gasteiger partial charge in [-0.25, -0.2) is 4.79 Å². The van der Waals surface area contributed by atoms with E-state index in [0.29, 0.717) is 19.5 Å². The van der Waals surface area contributed by atoms with Gasteiger partial charge in [0.1, 0.15) is 23.7 Å². The van der Waals surface area contributed by atoms with Crippen molar-refractivity contribution < 1.29 is 23.9 Å². The van der Waals surface area contributed by atoms with Gasteiger partial charge in [-0.1, -0.05) is 13.8 Å². The largest absolute Gasteiger partial charge is 0.444 e. The van der Waals surface area contributed by atoms with E-state index in [1.54, 1.807) is 27.7 Å². The summed E-state index contributed by atoms with van der Waals surface area (Å²) in [6.45, 7) is 12.0. The van der Waals surface area contributed by atoms with Crippen LogP contribution in [0.4, 0.5) is 4.79 Å². The van der Waals surface area contributed by atoms with E-state index in [4.69, 9.17) is 4.74 Å². The number of nitrogens with zero attached hydrogens (tertiary/aromatic N) is 3. The molecule has 2 heterocycles. The lowest BCUT2D eigenvalue weighted by Gasteiger charge is -2.35. The molecule has 0 bridgehead atoms. The number of hydrogen-bond donors (Lipinski definition) is 2. The van der Waals surface area contributed by atoms with Gasteiger partial charge in [-0.2, -0.15) is 5.26 Å². The Bertz CT molecular complexity index is 904. The van der Waals surface area contributed by atoms with E-state index in [2.05, 4.69) is 30.6 Å². The van der Waals surface area contributed by atoms with Crippen LogP contribution in [0.2, 0.25) is 0 Å². The third-order valence-corrected chi connectivity index (χ3v) is 7.54. The summed E-state index contributed by atoms with van der Waals surface area (Å²) >= 11 is 0. The van der Waals surface area contributed by atoms with Crippen molar-refractivity contribution in [1.29, 1.82) is 5.26 Å². The lowest BCUT2D eigenvalue weighted by Crippen LogP contribution is -2.56. The molecule has 3 rings (SSSR count). The molecule has 3 aliphatic rings. The molecule has 1 aliphatic carbocycles. The van der Waals surface area contributed by atoms with Crippen molar-refractivity contribution in [3.05, 3.63) is 0 Å². The van der Waals surface area contributed by atoms with Crippen molar-refractivity contribution in [1.82, 2.24) is 20.4 Å². The summed E-state index contributed by atoms with van der Waals surface area (Å²) < 4.78 is 5.38. The maximum atomic E-state index is 13.4. The molecule has 0 aromatic rings. The molecular weight excluding hydrogens is 438 g/mol. The molecular formula is C24H37N5O5. The summed E-state index contributed by atoms with van der Waals surface area (Å²) in [6.07, 6.45) is 0.260. The van der Waals surface area contributed by atoms with E-state index < -0.39 is 29.8 Å². The zero-order chi connectivity index (χ0) is 25.6. The third-order valence-electron chi connectivity index (χ3n) is 7.54. The molecule has 2 N–H and O–H groups in total. The molecule has 34 heavy (non-hydrogen) atoms. The molecule has 4 amide bonds. The summed E-state index contributed by atoms with van der Waals surface area (Å²) in [5.74, 6) is -0.978. The third kappa shape index (κ3) is 4.98. The van der Waals surface area contributed by atoms with E-state index in [0.717, 1.165) is 0 Å². The quantitative estimate of drug-likeness (QED) is 0.594. The number of hydrogen-bond acceptors (Lipinski definition) is 6. The normalized spacial score (nSPS) is 28.8. The van der Waals surface area contributed by atoms with Gasteiger partial charge >= 0.3 is 6.09 Å². The number of amides is 4. The maximum Gasteiger partial charge on any atom is 0.410 e. The van der Waals surface area contributed by atoms with Gasteiger partial charge in [-0.05, 0) is 57.8 Å². The number of carbonyl (C=O) groups excluding carboxylic acids is 4. The van der Waals surface area contributed by atoms with Gasteiger partial charge in [0.25, 0.3) is 0 Å². The predicted molar refractivity (Wildman–Crippen MR) is 123 cm³/mol. The molecule has 1 saturated carbocycles. The second-order valence-corrected chi connectivity index (χ2v) is 11.4. The number of nitrogens with one attached hydrogen (secondary N) is 2. The number of carbonyl (C=O) groups is 4. The molecule has 3 fully saturated rings. The molecule has 0 aromatic carbocycles. The average molecular weight is 476 g/mol. The molecule has 2 unspecified atom stereocenters. The fourth-order valence-corrected chi connectivity index (χ4v) is 5.27. The van der Waals surface area contributed by atoms with Crippen LogP contribution < -0.4 is 10.6 Å². The van der Waals surface area contributed by atoms with E-state index in [1.165, 1.54) is 16.8 Å². The van der Waals surface area contributed by atoms with Crippen molar-refractivity contribution >= 4 is 23.8 Å². The summed E-state index contributed by atoms with van der Waals surface area (Å²) in [5.41, 5.74) is -0.787. The number of ether oxygens (including phenoxy) is 1. The number of fused-ring (bicyclic) bond motifs is 1. The van der Waals surface area contributed by atoms with E-state index in [1.807, 2.05) is 0 Å². The molecule has 2 saturated heterocycles. The zero-order valence-electron chi connectivity index (χ0n) is 21.2. The van der Waals surface area contributed by atoms with Gasteiger partial charge in [0, 0.05) is 26.1 Å². The van der Waals surface area contributed by atoms with Gasteiger partial charge in [0.15, 0.2) is 0 Å². The Morgan fingerprint density at radius 2 is 2.00 bits per heavy atom. The average Bonchev–Trinajstić information content (AvgIpc) is 3.11. The molecule has 188 valence electrons. The van der Waals surface area contributed by atoms with E-state index >= 15 is 0 Å². The standard InChI is InChI=1S/C24H37N5O5/c1-13(28(7)22(33)34-23(2,3)4)21(32)29-12-16-17(24(16,5)6)18(29)20(31)27-15(11-25)10-14-8-9-26-19(14)30/h13-18H,8-10,12H2,1-7H3,(H,26,30)(H,27,31)/t13?,14-,15?,16-,17-,18-/m0/s1. The summed E-state index contributed by atoms with van der Waals surface area (Å²) in [7, 11) is 1.50. The van der Waals surface area contributed by atoms with Crippen LogP contribution in [0.3, 0.4) is 0 Å². The minimum absolute atomic E-state index is 0.0235. The van der Waals surface area contributed by atoms with Crippen molar-refractivity contribution in [2.45, 2.75) is 78.1 Å². The minimum Gasteiger partial charge on any atom is -0.444 e. The first-order valence-electron chi connectivity index (χ1n) is 11.9. The highest BCUT2D eigenvalue weighted by Gasteiger charge is 2.69. The first kappa shape index (κ1) is 25.8. The first-order valence-corrected chi connectivity index (χ1v) is 11.9. The summed E-state index contributed by atoms with van der Waals surface area (Å²) in [5, 5.41) is 15.1. The molecule has 0 radical (unpaired) electrons. The van der Waals surface area contributed by atoms with Crippen LogP contribution in [0.5, 0.6) is 0 Å². The van der Waals surface area contributed by atoms with Crippen LogP contribution in [0.25, 0.3) is 0 Å². The summed E-state index contributed by atoms with van der Waals surface area (Å²) in [6, 6.07) is -0.275. The number of nitriles is 1. The lowest BCUT2D eigenvalue weighted by molar-refractivity contribution is -0.143. The Hall–Kier alpha value is -2.83. The van der Waals surface area contributed by atoms with Crippen molar-refractivity contribution in [3.8, 4) is 6.07 Å². The second kappa shape index (κ2) is 9.08. The molecule has 0 aromatic heterocycles. The van der Waals surface area contributed by atoms with Crippen LogP contribution >= 0.6 is 0 Å². The lowest BCUT2D eigenvalue weighted by atomic mass is 9.97. The van der Waals surface area contributed by atoms with Gasteiger partial charge in [-0.3, -0.25) is 19.3 Å². The van der Waals surface area contributed by atoms with Gasteiger partial charge in [0.05, 0.1) is 6.07 Å².